The number of aromatic nitrogens is 1. The quantitative estimate of drug-likeness (QED) is 0.875. The molecule has 5 heteroatoms. The Kier molecular flexibility index (Phi) is 6.38. The van der Waals surface area contributed by atoms with Crippen LogP contribution in [-0.4, -0.2) is 34.9 Å². The molecular weight excluding hydrogens is 294 g/mol. The molecule has 1 amide bonds. The number of aryl methyl sites for hydroxylation is 2. The fourth-order valence-electron chi connectivity index (χ4n) is 2.97. The molecule has 0 saturated carbocycles. The van der Waals surface area contributed by atoms with E-state index in [9.17, 15) is 4.79 Å². The molecular formula is C17H29N3OS. The van der Waals surface area contributed by atoms with Crippen molar-refractivity contribution in [2.75, 3.05) is 13.1 Å². The van der Waals surface area contributed by atoms with Gasteiger partial charge in [0.1, 0.15) is 0 Å². The molecule has 1 atom stereocenters. The topological polar surface area (TPSA) is 45.2 Å². The maximum atomic E-state index is 12.4. The number of nitrogens with zero attached hydrogens (tertiary/aromatic N) is 2. The normalized spacial score (nSPS) is 19.6. The van der Waals surface area contributed by atoms with Crippen molar-refractivity contribution in [3.8, 4) is 0 Å². The zero-order valence-electron chi connectivity index (χ0n) is 14.3. The van der Waals surface area contributed by atoms with Crippen LogP contribution in [0.1, 0.15) is 55.6 Å². The van der Waals surface area contributed by atoms with Crippen molar-refractivity contribution in [3.05, 3.63) is 15.6 Å². The van der Waals surface area contributed by atoms with Crippen molar-refractivity contribution in [2.24, 2.45) is 5.92 Å². The first-order chi connectivity index (χ1) is 10.5. The van der Waals surface area contributed by atoms with Crippen LogP contribution >= 0.6 is 11.3 Å². The zero-order valence-corrected chi connectivity index (χ0v) is 15.1. The summed E-state index contributed by atoms with van der Waals surface area (Å²) in [6, 6.07) is 0.524. The molecule has 4 nitrogen and oxygen atoms in total. The smallest absolute Gasteiger partial charge is 0.224 e. The largest absolute Gasteiger partial charge is 0.351 e. The van der Waals surface area contributed by atoms with Gasteiger partial charge in [0.2, 0.25) is 5.91 Å². The number of hydrogen-bond donors (Lipinski definition) is 1. The Morgan fingerprint density at radius 3 is 2.95 bits per heavy atom. The first-order valence-corrected chi connectivity index (χ1v) is 9.29. The van der Waals surface area contributed by atoms with E-state index in [1.54, 1.807) is 11.3 Å². The van der Waals surface area contributed by atoms with Gasteiger partial charge in [0, 0.05) is 17.5 Å². The van der Waals surface area contributed by atoms with Crippen LogP contribution < -0.4 is 5.32 Å². The lowest BCUT2D eigenvalue weighted by Gasteiger charge is -2.34. The van der Waals surface area contributed by atoms with E-state index in [4.69, 9.17) is 0 Å². The van der Waals surface area contributed by atoms with Gasteiger partial charge >= 0.3 is 0 Å². The number of carbonyl (C=O) groups excluding carboxylic acids is 1. The number of likely N-dealkylation sites (tertiary alicyclic amines) is 1. The Balaban J connectivity index is 1.87. The highest BCUT2D eigenvalue weighted by Gasteiger charge is 2.26. The third kappa shape index (κ3) is 4.53. The first-order valence-electron chi connectivity index (χ1n) is 8.48. The Bertz CT molecular complexity index is 498. The van der Waals surface area contributed by atoms with E-state index in [2.05, 4.69) is 36.0 Å². The molecule has 1 saturated heterocycles. The van der Waals surface area contributed by atoms with Crippen LogP contribution in [0, 0.1) is 12.8 Å². The molecule has 1 N–H and O–H groups in total. The van der Waals surface area contributed by atoms with Crippen molar-refractivity contribution in [1.29, 1.82) is 0 Å². The van der Waals surface area contributed by atoms with Gasteiger partial charge in [-0.25, -0.2) is 4.98 Å². The lowest BCUT2D eigenvalue weighted by atomic mass is 9.96. The molecule has 0 radical (unpaired) electrons. The van der Waals surface area contributed by atoms with E-state index in [0.717, 1.165) is 44.5 Å². The Morgan fingerprint density at radius 1 is 1.50 bits per heavy atom. The third-order valence-electron chi connectivity index (χ3n) is 4.38. The van der Waals surface area contributed by atoms with Gasteiger partial charge in [0.05, 0.1) is 23.2 Å². The molecule has 0 aromatic carbocycles. The number of carbonyl (C=O) groups is 1. The highest BCUT2D eigenvalue weighted by molar-refractivity contribution is 7.11. The number of rotatable bonds is 6. The van der Waals surface area contributed by atoms with Crippen LogP contribution in [0.4, 0.5) is 0 Å². The molecule has 2 rings (SSSR count). The maximum absolute atomic E-state index is 12.4. The van der Waals surface area contributed by atoms with Gasteiger partial charge in [0.15, 0.2) is 0 Å². The number of thiazole rings is 1. The van der Waals surface area contributed by atoms with E-state index in [0.29, 0.717) is 12.6 Å². The molecule has 1 aromatic rings. The van der Waals surface area contributed by atoms with Crippen LogP contribution in [0.25, 0.3) is 0 Å². The van der Waals surface area contributed by atoms with Crippen molar-refractivity contribution >= 4 is 17.2 Å². The van der Waals surface area contributed by atoms with Gasteiger partial charge in [-0.3, -0.25) is 4.79 Å². The first kappa shape index (κ1) is 17.4. The van der Waals surface area contributed by atoms with E-state index >= 15 is 0 Å². The van der Waals surface area contributed by atoms with Crippen molar-refractivity contribution < 1.29 is 4.79 Å². The summed E-state index contributed by atoms with van der Waals surface area (Å²) in [4.78, 5) is 20.6. The van der Waals surface area contributed by atoms with E-state index in [-0.39, 0.29) is 11.8 Å². The van der Waals surface area contributed by atoms with Crippen LogP contribution in [0.15, 0.2) is 0 Å². The van der Waals surface area contributed by atoms with Gasteiger partial charge in [-0.2, -0.15) is 0 Å². The standard InChI is InChI=1S/C17H29N3OS/c1-5-7-16-19-13(4)15(22-16)10-18-17(21)14-8-6-9-20(11-14)12(2)3/h12,14H,5-11H2,1-4H3,(H,18,21)/t14-/m1/s1. The Labute approximate surface area is 138 Å². The van der Waals surface area contributed by atoms with E-state index in [1.807, 2.05) is 6.92 Å². The number of piperidine rings is 1. The summed E-state index contributed by atoms with van der Waals surface area (Å²) in [5.74, 6) is 0.342. The van der Waals surface area contributed by atoms with E-state index in [1.165, 1.54) is 9.88 Å². The van der Waals surface area contributed by atoms with Crippen LogP contribution in [0.5, 0.6) is 0 Å². The third-order valence-corrected chi connectivity index (χ3v) is 5.60. The average Bonchev–Trinajstić information content (AvgIpc) is 2.85. The van der Waals surface area contributed by atoms with Gasteiger partial charge in [-0.1, -0.05) is 6.92 Å². The number of nitrogens with one attached hydrogen (secondary N) is 1. The number of hydrogen-bond acceptors (Lipinski definition) is 4. The average molecular weight is 324 g/mol. The molecule has 0 unspecified atom stereocenters. The highest BCUT2D eigenvalue weighted by atomic mass is 32.1. The van der Waals surface area contributed by atoms with Crippen LogP contribution in [0.3, 0.4) is 0 Å². The fraction of sp³-hybridized carbons (Fsp3) is 0.765. The zero-order chi connectivity index (χ0) is 16.1. The van der Waals surface area contributed by atoms with Gasteiger partial charge in [-0.05, 0) is 53.0 Å². The predicted molar refractivity (Wildman–Crippen MR) is 92.1 cm³/mol. The fourth-order valence-corrected chi connectivity index (χ4v) is 4.09. The maximum Gasteiger partial charge on any atom is 0.224 e. The second kappa shape index (κ2) is 8.06. The minimum Gasteiger partial charge on any atom is -0.351 e. The molecule has 0 spiro atoms. The molecule has 22 heavy (non-hydrogen) atoms. The second-order valence-corrected chi connectivity index (χ2v) is 7.68. The lowest BCUT2D eigenvalue weighted by Crippen LogP contribution is -2.45. The van der Waals surface area contributed by atoms with Crippen molar-refractivity contribution in [3.63, 3.8) is 0 Å². The summed E-state index contributed by atoms with van der Waals surface area (Å²) in [6.07, 6.45) is 4.28. The van der Waals surface area contributed by atoms with Gasteiger partial charge < -0.3 is 10.2 Å². The minimum absolute atomic E-state index is 0.138. The van der Waals surface area contributed by atoms with Crippen LogP contribution in [-0.2, 0) is 17.8 Å². The van der Waals surface area contributed by atoms with Crippen molar-refractivity contribution in [2.45, 2.75) is 66.0 Å². The molecule has 1 aromatic heterocycles. The molecule has 0 aliphatic carbocycles. The summed E-state index contributed by atoms with van der Waals surface area (Å²) in [7, 11) is 0. The van der Waals surface area contributed by atoms with Crippen molar-refractivity contribution in [1.82, 2.24) is 15.2 Å². The summed E-state index contributed by atoms with van der Waals surface area (Å²) in [6.45, 7) is 11.3. The Morgan fingerprint density at radius 2 is 2.27 bits per heavy atom. The summed E-state index contributed by atoms with van der Waals surface area (Å²) >= 11 is 1.74. The van der Waals surface area contributed by atoms with E-state index < -0.39 is 0 Å². The Hall–Kier alpha value is -0.940. The molecule has 2 heterocycles. The number of amides is 1. The molecule has 0 bridgehead atoms. The van der Waals surface area contributed by atoms with Gasteiger partial charge in [0.25, 0.3) is 0 Å². The van der Waals surface area contributed by atoms with Gasteiger partial charge in [-0.15, -0.1) is 11.3 Å². The van der Waals surface area contributed by atoms with Crippen LogP contribution in [0.2, 0.25) is 0 Å². The molecule has 1 aliphatic heterocycles. The summed E-state index contributed by atoms with van der Waals surface area (Å²) in [5.41, 5.74) is 1.07. The monoisotopic (exact) mass is 323 g/mol. The molecule has 1 aliphatic rings. The summed E-state index contributed by atoms with van der Waals surface area (Å²) in [5, 5.41) is 4.32. The highest BCUT2D eigenvalue weighted by Crippen LogP contribution is 2.21. The lowest BCUT2D eigenvalue weighted by molar-refractivity contribution is -0.127. The second-order valence-electron chi connectivity index (χ2n) is 6.51. The summed E-state index contributed by atoms with van der Waals surface area (Å²) < 4.78 is 0. The SMILES string of the molecule is CCCc1nc(C)c(CNC(=O)[C@@H]2CCCN(C(C)C)C2)s1. The molecule has 1 fully saturated rings. The molecule has 124 valence electrons. The minimum atomic E-state index is 0.138. The predicted octanol–water partition coefficient (Wildman–Crippen LogP) is 3.14.